The van der Waals surface area contributed by atoms with E-state index in [0.29, 0.717) is 29.1 Å². The Morgan fingerprint density at radius 3 is 2.84 bits per heavy atom. The Morgan fingerprint density at radius 2 is 2.21 bits per heavy atom. The Balaban J connectivity index is 2.66. The molecule has 5 nitrogen and oxygen atoms in total. The lowest BCUT2D eigenvalue weighted by Crippen LogP contribution is -2.36. The van der Waals surface area contributed by atoms with Gasteiger partial charge in [-0.15, -0.1) is 0 Å². The first-order valence-electron chi connectivity index (χ1n) is 6.20. The van der Waals surface area contributed by atoms with E-state index in [-0.39, 0.29) is 0 Å². The zero-order valence-electron chi connectivity index (χ0n) is 11.5. The smallest absolute Gasteiger partial charge is 0.224 e. The minimum Gasteiger partial charge on any atom is -0.387 e. The van der Waals surface area contributed by atoms with Gasteiger partial charge in [-0.2, -0.15) is 16.7 Å². The average molecular weight is 305 g/mol. The molecule has 7 heteroatoms. The highest BCUT2D eigenvalue weighted by atomic mass is 35.5. The van der Waals surface area contributed by atoms with Gasteiger partial charge in [0.05, 0.1) is 11.8 Å². The lowest BCUT2D eigenvalue weighted by molar-refractivity contribution is 0.0996. The molecule has 1 unspecified atom stereocenters. The standard InChI is InChI=1S/C12H21ClN4OS/c1-4-5-14-11-15-6-9(13)10(17-11)16-7-12(2,18)8-19-3/h6,18H,4-5,7-8H2,1-3H3,(H2,14,15,16,17). The predicted molar refractivity (Wildman–Crippen MR) is 83.3 cm³/mol. The molecule has 0 radical (unpaired) electrons. The highest BCUT2D eigenvalue weighted by Gasteiger charge is 2.20. The molecule has 0 bridgehead atoms. The summed E-state index contributed by atoms with van der Waals surface area (Å²) in [5.74, 6) is 1.72. The number of aliphatic hydroxyl groups is 1. The van der Waals surface area contributed by atoms with Crippen LogP contribution in [0.1, 0.15) is 20.3 Å². The molecule has 0 saturated heterocycles. The SMILES string of the molecule is CCCNc1ncc(Cl)c(NCC(C)(O)CSC)n1. The maximum atomic E-state index is 10.1. The van der Waals surface area contributed by atoms with E-state index < -0.39 is 5.60 Å². The van der Waals surface area contributed by atoms with Crippen molar-refractivity contribution in [3.63, 3.8) is 0 Å². The molecule has 0 aliphatic heterocycles. The van der Waals surface area contributed by atoms with Crippen molar-refractivity contribution in [3.05, 3.63) is 11.2 Å². The number of aromatic nitrogens is 2. The molecule has 0 saturated carbocycles. The number of hydrogen-bond acceptors (Lipinski definition) is 6. The number of nitrogens with zero attached hydrogens (tertiary/aromatic N) is 2. The first-order valence-corrected chi connectivity index (χ1v) is 7.97. The van der Waals surface area contributed by atoms with Gasteiger partial charge in [-0.1, -0.05) is 18.5 Å². The highest BCUT2D eigenvalue weighted by molar-refractivity contribution is 7.98. The minimum absolute atomic E-state index is 0.387. The summed E-state index contributed by atoms with van der Waals surface area (Å²) in [5, 5.41) is 16.7. The van der Waals surface area contributed by atoms with Crippen LogP contribution in [0, 0.1) is 0 Å². The number of anilines is 2. The lowest BCUT2D eigenvalue weighted by Gasteiger charge is -2.23. The first-order chi connectivity index (χ1) is 8.98. The quantitative estimate of drug-likeness (QED) is 0.685. The third-order valence-electron chi connectivity index (χ3n) is 2.37. The normalized spacial score (nSPS) is 13.9. The van der Waals surface area contributed by atoms with E-state index in [1.54, 1.807) is 24.9 Å². The van der Waals surface area contributed by atoms with Crippen LogP contribution in [0.3, 0.4) is 0 Å². The van der Waals surface area contributed by atoms with Gasteiger partial charge in [0.25, 0.3) is 0 Å². The number of thioether (sulfide) groups is 1. The number of nitrogens with one attached hydrogen (secondary N) is 2. The third-order valence-corrected chi connectivity index (χ3v) is 3.56. The molecule has 19 heavy (non-hydrogen) atoms. The summed E-state index contributed by atoms with van der Waals surface area (Å²) >= 11 is 7.63. The van der Waals surface area contributed by atoms with Crippen LogP contribution in [0.5, 0.6) is 0 Å². The fourth-order valence-electron chi connectivity index (χ4n) is 1.45. The van der Waals surface area contributed by atoms with Gasteiger partial charge in [0.2, 0.25) is 5.95 Å². The van der Waals surface area contributed by atoms with Gasteiger partial charge in [0, 0.05) is 18.8 Å². The summed E-state index contributed by atoms with van der Waals surface area (Å²) in [7, 11) is 0. The van der Waals surface area contributed by atoms with Crippen LogP contribution in [-0.4, -0.2) is 45.8 Å². The Hall–Kier alpha value is -0.720. The fraction of sp³-hybridized carbons (Fsp3) is 0.667. The summed E-state index contributed by atoms with van der Waals surface area (Å²) < 4.78 is 0. The van der Waals surface area contributed by atoms with Crippen LogP contribution in [0.25, 0.3) is 0 Å². The van der Waals surface area contributed by atoms with Gasteiger partial charge in [0.15, 0.2) is 5.82 Å². The highest BCUT2D eigenvalue weighted by Crippen LogP contribution is 2.20. The van der Waals surface area contributed by atoms with Crippen LogP contribution in [0.4, 0.5) is 11.8 Å². The molecular weight excluding hydrogens is 284 g/mol. The van der Waals surface area contributed by atoms with Crippen molar-refractivity contribution in [2.75, 3.05) is 35.7 Å². The maximum absolute atomic E-state index is 10.1. The second-order valence-corrected chi connectivity index (χ2v) is 5.87. The average Bonchev–Trinajstić information content (AvgIpc) is 2.36. The van der Waals surface area contributed by atoms with E-state index in [9.17, 15) is 5.11 Å². The molecule has 1 heterocycles. The topological polar surface area (TPSA) is 70.1 Å². The molecule has 0 amide bonds. The molecule has 0 spiro atoms. The van der Waals surface area contributed by atoms with Crippen molar-refractivity contribution in [1.82, 2.24) is 9.97 Å². The number of hydrogen-bond donors (Lipinski definition) is 3. The van der Waals surface area contributed by atoms with Gasteiger partial charge in [-0.3, -0.25) is 0 Å². The zero-order chi connectivity index (χ0) is 14.3. The molecule has 108 valence electrons. The number of rotatable bonds is 8. The Labute approximate surface area is 123 Å². The van der Waals surface area contributed by atoms with E-state index in [0.717, 1.165) is 13.0 Å². The van der Waals surface area contributed by atoms with E-state index in [1.165, 1.54) is 0 Å². The molecule has 1 rings (SSSR count). The van der Waals surface area contributed by atoms with Crippen molar-refractivity contribution >= 4 is 35.1 Å². The van der Waals surface area contributed by atoms with Crippen LogP contribution >= 0.6 is 23.4 Å². The van der Waals surface area contributed by atoms with Gasteiger partial charge < -0.3 is 15.7 Å². The molecule has 0 aliphatic carbocycles. The van der Waals surface area contributed by atoms with E-state index in [4.69, 9.17) is 11.6 Å². The van der Waals surface area contributed by atoms with Gasteiger partial charge in [-0.25, -0.2) is 4.98 Å². The summed E-state index contributed by atoms with van der Waals surface area (Å²) in [6.07, 6.45) is 4.51. The lowest BCUT2D eigenvalue weighted by atomic mass is 10.1. The van der Waals surface area contributed by atoms with Crippen molar-refractivity contribution in [3.8, 4) is 0 Å². The summed E-state index contributed by atoms with van der Waals surface area (Å²) in [5.41, 5.74) is -0.801. The Morgan fingerprint density at radius 1 is 1.47 bits per heavy atom. The van der Waals surface area contributed by atoms with Crippen molar-refractivity contribution < 1.29 is 5.11 Å². The van der Waals surface area contributed by atoms with Gasteiger partial charge in [0.1, 0.15) is 5.02 Å². The van der Waals surface area contributed by atoms with E-state index >= 15 is 0 Å². The molecule has 0 aromatic carbocycles. The van der Waals surface area contributed by atoms with E-state index in [2.05, 4.69) is 27.5 Å². The zero-order valence-corrected chi connectivity index (χ0v) is 13.1. The maximum Gasteiger partial charge on any atom is 0.224 e. The van der Waals surface area contributed by atoms with Crippen LogP contribution in [0.2, 0.25) is 5.02 Å². The van der Waals surface area contributed by atoms with Crippen molar-refractivity contribution in [2.45, 2.75) is 25.9 Å². The summed E-state index contributed by atoms with van der Waals surface area (Å²) in [6.45, 7) is 5.05. The van der Waals surface area contributed by atoms with Crippen molar-refractivity contribution in [2.24, 2.45) is 0 Å². The minimum atomic E-state index is -0.801. The third kappa shape index (κ3) is 5.84. The molecule has 1 aromatic heterocycles. The second-order valence-electron chi connectivity index (χ2n) is 4.60. The molecular formula is C12H21ClN4OS. The second kappa shape index (κ2) is 7.77. The molecule has 3 N–H and O–H groups in total. The molecule has 1 atom stereocenters. The van der Waals surface area contributed by atoms with Gasteiger partial charge >= 0.3 is 0 Å². The fourth-order valence-corrected chi connectivity index (χ4v) is 2.33. The number of halogens is 1. The summed E-state index contributed by atoms with van der Waals surface area (Å²) in [6, 6.07) is 0. The largest absolute Gasteiger partial charge is 0.387 e. The Bertz CT molecular complexity index is 403. The van der Waals surface area contributed by atoms with E-state index in [1.807, 2.05) is 6.26 Å². The first kappa shape index (κ1) is 16.3. The van der Waals surface area contributed by atoms with Crippen LogP contribution < -0.4 is 10.6 Å². The molecule has 1 aromatic rings. The summed E-state index contributed by atoms with van der Waals surface area (Å²) in [4.78, 5) is 8.39. The monoisotopic (exact) mass is 304 g/mol. The Kier molecular flexibility index (Phi) is 6.68. The van der Waals surface area contributed by atoms with Crippen LogP contribution in [-0.2, 0) is 0 Å². The predicted octanol–water partition coefficient (Wildman–Crippen LogP) is 2.48. The molecule has 0 fully saturated rings. The van der Waals surface area contributed by atoms with Gasteiger partial charge in [-0.05, 0) is 19.6 Å². The molecule has 0 aliphatic rings. The van der Waals surface area contributed by atoms with Crippen molar-refractivity contribution in [1.29, 1.82) is 0 Å². The van der Waals surface area contributed by atoms with Crippen LogP contribution in [0.15, 0.2) is 6.20 Å².